The van der Waals surface area contributed by atoms with E-state index in [2.05, 4.69) is 22.5 Å². The molecule has 0 aromatic carbocycles. The van der Waals surface area contributed by atoms with E-state index in [-0.39, 0.29) is 12.3 Å². The van der Waals surface area contributed by atoms with Crippen LogP contribution in [-0.2, 0) is 4.79 Å². The highest BCUT2D eigenvalue weighted by Crippen LogP contribution is 2.27. The summed E-state index contributed by atoms with van der Waals surface area (Å²) in [5.41, 5.74) is 7.82. The average Bonchev–Trinajstić information content (AvgIpc) is 2.70. The topological polar surface area (TPSA) is 101 Å². The molecule has 2 aliphatic heterocycles. The molecule has 1 aromatic heterocycles. The van der Waals surface area contributed by atoms with Crippen LogP contribution in [-0.4, -0.2) is 34.5 Å². The lowest BCUT2D eigenvalue weighted by Crippen LogP contribution is -2.41. The smallest absolute Gasteiger partial charge is 0.303 e. The first-order valence-corrected chi connectivity index (χ1v) is 10.5. The van der Waals surface area contributed by atoms with E-state index in [4.69, 9.17) is 10.7 Å². The molecule has 0 radical (unpaired) electrons. The third-order valence-electron chi connectivity index (χ3n) is 5.75. The Morgan fingerprint density at radius 3 is 2.93 bits per heavy atom. The Labute approximate surface area is 167 Å². The highest BCUT2D eigenvalue weighted by atomic mass is 16.4. The molecule has 3 rings (SSSR count). The van der Waals surface area contributed by atoms with E-state index in [1.807, 2.05) is 6.07 Å². The fourth-order valence-corrected chi connectivity index (χ4v) is 4.15. The number of aliphatic imine (C=N–C) groups is 1. The van der Waals surface area contributed by atoms with Crippen molar-refractivity contribution in [3.05, 3.63) is 36.0 Å². The number of carboxylic acid groups (broad SMARTS) is 1. The van der Waals surface area contributed by atoms with Gasteiger partial charge in [0, 0.05) is 17.8 Å². The number of hydrogen-bond donors (Lipinski definition) is 3. The van der Waals surface area contributed by atoms with Crippen molar-refractivity contribution >= 4 is 17.5 Å². The second-order valence-corrected chi connectivity index (χ2v) is 7.95. The Kier molecular flexibility index (Phi) is 7.60. The maximum absolute atomic E-state index is 11.2. The van der Waals surface area contributed by atoms with Gasteiger partial charge in [-0.1, -0.05) is 31.4 Å². The zero-order valence-corrected chi connectivity index (χ0v) is 16.5. The molecule has 28 heavy (non-hydrogen) atoms. The van der Waals surface area contributed by atoms with Crippen molar-refractivity contribution in [2.45, 2.75) is 69.9 Å². The van der Waals surface area contributed by atoms with Gasteiger partial charge in [-0.3, -0.25) is 15.1 Å². The Morgan fingerprint density at radius 1 is 1.29 bits per heavy atom. The van der Waals surface area contributed by atoms with E-state index in [0.717, 1.165) is 50.6 Å². The fraction of sp³-hybridized carbons (Fsp3) is 0.591. The minimum absolute atomic E-state index is 0.00515. The summed E-state index contributed by atoms with van der Waals surface area (Å²) in [7, 11) is 0. The number of aromatic nitrogens is 1. The van der Waals surface area contributed by atoms with Crippen molar-refractivity contribution in [2.24, 2.45) is 10.9 Å². The number of hydrogen-bond acceptors (Lipinski definition) is 5. The normalized spacial score (nSPS) is 22.4. The zero-order valence-electron chi connectivity index (χ0n) is 16.5. The number of anilines is 1. The van der Waals surface area contributed by atoms with Gasteiger partial charge in [-0.05, 0) is 62.3 Å². The first kappa shape index (κ1) is 20.5. The number of dihydropyridines is 1. The highest BCUT2D eigenvalue weighted by molar-refractivity contribution is 5.95. The van der Waals surface area contributed by atoms with Gasteiger partial charge in [0.2, 0.25) is 0 Å². The molecule has 6 nitrogen and oxygen atoms in total. The van der Waals surface area contributed by atoms with Crippen molar-refractivity contribution < 1.29 is 9.90 Å². The molecule has 6 heteroatoms. The van der Waals surface area contributed by atoms with E-state index in [9.17, 15) is 9.90 Å². The van der Waals surface area contributed by atoms with E-state index < -0.39 is 5.97 Å². The maximum Gasteiger partial charge on any atom is 0.303 e. The molecule has 0 amide bonds. The molecule has 2 aliphatic rings. The average molecular weight is 385 g/mol. The van der Waals surface area contributed by atoms with E-state index in [1.165, 1.54) is 18.6 Å². The molecule has 0 spiro atoms. The van der Waals surface area contributed by atoms with Crippen LogP contribution in [0.2, 0.25) is 0 Å². The molecule has 4 N–H and O–H groups in total. The lowest BCUT2D eigenvalue weighted by Gasteiger charge is -2.30. The second-order valence-electron chi connectivity index (χ2n) is 7.95. The number of rotatable bonds is 10. The van der Waals surface area contributed by atoms with Crippen LogP contribution in [0.5, 0.6) is 0 Å². The third kappa shape index (κ3) is 6.16. The monoisotopic (exact) mass is 384 g/mol. The Balaban J connectivity index is 1.37. The zero-order chi connectivity index (χ0) is 19.8. The molecule has 1 fully saturated rings. The van der Waals surface area contributed by atoms with Gasteiger partial charge in [-0.2, -0.15) is 0 Å². The van der Waals surface area contributed by atoms with Gasteiger partial charge in [-0.25, -0.2) is 4.98 Å². The summed E-state index contributed by atoms with van der Waals surface area (Å²) in [6, 6.07) is 3.64. The number of aliphatic carboxylic acids is 1. The van der Waals surface area contributed by atoms with Gasteiger partial charge in [-0.15, -0.1) is 0 Å². The van der Waals surface area contributed by atoms with Crippen LogP contribution in [0.25, 0.3) is 0 Å². The molecular weight excluding hydrogens is 352 g/mol. The van der Waals surface area contributed by atoms with Gasteiger partial charge in [0.25, 0.3) is 0 Å². The van der Waals surface area contributed by atoms with Crippen LogP contribution in [0.15, 0.2) is 35.5 Å². The van der Waals surface area contributed by atoms with Crippen LogP contribution in [0.3, 0.4) is 0 Å². The Morgan fingerprint density at radius 2 is 2.14 bits per heavy atom. The lowest BCUT2D eigenvalue weighted by molar-refractivity contribution is -0.137. The maximum atomic E-state index is 11.2. The molecule has 3 unspecified atom stereocenters. The minimum atomic E-state index is -0.765. The minimum Gasteiger partial charge on any atom is -0.481 e. The number of allylic oxidation sites excluding steroid dienone is 1. The van der Waals surface area contributed by atoms with Crippen LogP contribution >= 0.6 is 0 Å². The molecule has 0 saturated carbocycles. The number of nitrogens with two attached hydrogens (primary N) is 1. The second kappa shape index (κ2) is 10.4. The van der Waals surface area contributed by atoms with Gasteiger partial charge < -0.3 is 10.8 Å². The van der Waals surface area contributed by atoms with Crippen molar-refractivity contribution in [3.8, 4) is 0 Å². The lowest BCUT2D eigenvalue weighted by atomic mass is 9.90. The largest absolute Gasteiger partial charge is 0.481 e. The van der Waals surface area contributed by atoms with Crippen LogP contribution in [0.4, 0.5) is 5.82 Å². The summed E-state index contributed by atoms with van der Waals surface area (Å²) in [6.07, 6.45) is 15.5. The van der Waals surface area contributed by atoms with Crippen LogP contribution in [0, 0.1) is 5.92 Å². The SMILES string of the molecule is Nc1ccc(C(CCCCCCC2=NC3NCCCC3C=C2)CC(=O)O)cn1. The predicted molar refractivity (Wildman–Crippen MR) is 112 cm³/mol. The number of fused-ring (bicyclic) bond motifs is 1. The van der Waals surface area contributed by atoms with E-state index >= 15 is 0 Å². The Hall–Kier alpha value is -2.21. The van der Waals surface area contributed by atoms with Crippen LogP contribution in [0.1, 0.15) is 69.3 Å². The van der Waals surface area contributed by atoms with Gasteiger partial charge in [0.05, 0.1) is 6.42 Å². The molecule has 1 aromatic rings. The van der Waals surface area contributed by atoms with Crippen molar-refractivity contribution in [3.63, 3.8) is 0 Å². The van der Waals surface area contributed by atoms with E-state index in [0.29, 0.717) is 17.9 Å². The number of pyridine rings is 1. The van der Waals surface area contributed by atoms with Crippen LogP contribution < -0.4 is 11.1 Å². The van der Waals surface area contributed by atoms with Gasteiger partial charge >= 0.3 is 5.97 Å². The van der Waals surface area contributed by atoms with Crippen molar-refractivity contribution in [2.75, 3.05) is 12.3 Å². The fourth-order valence-electron chi connectivity index (χ4n) is 4.15. The summed E-state index contributed by atoms with van der Waals surface area (Å²) in [5, 5.41) is 12.7. The predicted octanol–water partition coefficient (Wildman–Crippen LogP) is 3.90. The summed E-state index contributed by atoms with van der Waals surface area (Å²) < 4.78 is 0. The molecule has 3 atom stereocenters. The van der Waals surface area contributed by atoms with Gasteiger partial charge in [0.15, 0.2) is 0 Å². The highest BCUT2D eigenvalue weighted by Gasteiger charge is 2.24. The molecule has 152 valence electrons. The quantitative estimate of drug-likeness (QED) is 0.531. The first-order chi connectivity index (χ1) is 13.6. The van der Waals surface area contributed by atoms with Crippen molar-refractivity contribution in [1.29, 1.82) is 0 Å². The number of nitrogens with one attached hydrogen (secondary N) is 1. The number of nitrogens with zero attached hydrogens (tertiary/aromatic N) is 2. The number of nitrogen functional groups attached to an aromatic ring is 1. The Bertz CT molecular complexity index is 699. The van der Waals surface area contributed by atoms with Gasteiger partial charge in [0.1, 0.15) is 12.0 Å². The summed E-state index contributed by atoms with van der Waals surface area (Å²) in [6.45, 7) is 1.08. The number of carbonyl (C=O) groups is 1. The molecule has 1 saturated heterocycles. The molecule has 0 bridgehead atoms. The number of piperidine rings is 1. The van der Waals surface area contributed by atoms with E-state index in [1.54, 1.807) is 12.3 Å². The van der Waals surface area contributed by atoms with Crippen molar-refractivity contribution in [1.82, 2.24) is 10.3 Å². The summed E-state index contributed by atoms with van der Waals surface area (Å²) in [4.78, 5) is 20.2. The molecule has 0 aliphatic carbocycles. The summed E-state index contributed by atoms with van der Waals surface area (Å²) >= 11 is 0. The standard InChI is InChI=1S/C22H32N4O2/c23-20-12-10-18(15-25-20)17(14-21(27)28)6-3-1-2-4-8-19-11-9-16-7-5-13-24-22(16)26-19/h9-12,15-17,22,24H,1-8,13-14H2,(H2,23,25)(H,27,28). The number of carboxylic acids is 1. The first-order valence-electron chi connectivity index (χ1n) is 10.5. The third-order valence-corrected chi connectivity index (χ3v) is 5.75. The summed E-state index contributed by atoms with van der Waals surface area (Å²) in [5.74, 6) is 0.280. The molecule has 3 heterocycles. The molecular formula is C22H32N4O2. The number of unbranched alkanes of at least 4 members (excludes halogenated alkanes) is 3.